The van der Waals surface area contributed by atoms with Gasteiger partial charge in [-0.25, -0.2) is 0 Å². The molecule has 0 aliphatic carbocycles. The number of fused-ring (bicyclic) bond motifs is 10. The fourth-order valence-corrected chi connectivity index (χ4v) is 15.8. The molecule has 5 nitrogen and oxygen atoms in total. The summed E-state index contributed by atoms with van der Waals surface area (Å²) in [4.78, 5) is 9.78. The third kappa shape index (κ3) is 7.99. The molecule has 410 valence electrons. The monoisotopic (exact) mass is 1140 g/mol. The van der Waals surface area contributed by atoms with E-state index in [1.165, 1.54) is 86.4 Å². The average Bonchev–Trinajstić information content (AvgIpc) is 1.56. The SMILES string of the molecule is c1ccc(Oc2cc3c4c(c2)N(c2ccc(-c5c6ccccc6c(-c6ccccc6)c6ccccc56)cc2)c2ccccc2B4c2cc4c(cc2S3)N(c2ccccc2)c2cc(Oc3ccccc3)cc3c2B4c2ccccc2N3c2ccccc2)cc1. The van der Waals surface area contributed by atoms with Gasteiger partial charge in [0.15, 0.2) is 0 Å². The fourth-order valence-electron chi connectivity index (χ4n) is 14.6. The van der Waals surface area contributed by atoms with E-state index in [-0.39, 0.29) is 13.4 Å². The van der Waals surface area contributed by atoms with Crippen LogP contribution in [-0.2, 0) is 0 Å². The Hall–Kier alpha value is -10.9. The van der Waals surface area contributed by atoms with E-state index < -0.39 is 0 Å². The van der Waals surface area contributed by atoms with Crippen LogP contribution in [0.1, 0.15) is 0 Å². The molecule has 4 heterocycles. The highest BCUT2D eigenvalue weighted by molar-refractivity contribution is 8.00. The van der Waals surface area contributed by atoms with Crippen molar-refractivity contribution in [3.05, 3.63) is 309 Å². The van der Waals surface area contributed by atoms with Crippen LogP contribution in [0, 0.1) is 0 Å². The van der Waals surface area contributed by atoms with Gasteiger partial charge in [0.25, 0.3) is 6.71 Å². The van der Waals surface area contributed by atoms with E-state index in [0.29, 0.717) is 0 Å². The van der Waals surface area contributed by atoms with Gasteiger partial charge >= 0.3 is 0 Å². The van der Waals surface area contributed by atoms with E-state index in [2.05, 4.69) is 263 Å². The van der Waals surface area contributed by atoms with Gasteiger partial charge in [-0.2, -0.15) is 0 Å². The summed E-state index contributed by atoms with van der Waals surface area (Å²) in [5, 5.41) is 4.95. The summed E-state index contributed by atoms with van der Waals surface area (Å²) in [6.07, 6.45) is 0. The highest BCUT2D eigenvalue weighted by Crippen LogP contribution is 2.51. The minimum absolute atomic E-state index is 0.0998. The van der Waals surface area contributed by atoms with Gasteiger partial charge in [-0.1, -0.05) is 223 Å². The molecule has 0 unspecified atom stereocenters. The molecule has 8 heteroatoms. The molecule has 0 bridgehead atoms. The molecule has 14 aromatic rings. The number of ether oxygens (including phenoxy) is 2. The Kier molecular flexibility index (Phi) is 11.7. The number of anilines is 9. The van der Waals surface area contributed by atoms with E-state index >= 15 is 0 Å². The van der Waals surface area contributed by atoms with Gasteiger partial charge < -0.3 is 24.2 Å². The maximum absolute atomic E-state index is 6.92. The molecule has 0 amide bonds. The van der Waals surface area contributed by atoms with Crippen molar-refractivity contribution in [3.8, 4) is 45.3 Å². The maximum Gasteiger partial charge on any atom is 0.252 e. The predicted octanol–water partition coefficient (Wildman–Crippen LogP) is 17.8. The first-order valence-electron chi connectivity index (χ1n) is 30.1. The van der Waals surface area contributed by atoms with Crippen molar-refractivity contribution in [1.29, 1.82) is 0 Å². The van der Waals surface area contributed by atoms with Crippen molar-refractivity contribution in [3.63, 3.8) is 0 Å². The molecule has 0 fully saturated rings. The van der Waals surface area contributed by atoms with Gasteiger partial charge in [-0.3, -0.25) is 0 Å². The number of hydrogen-bond acceptors (Lipinski definition) is 6. The second-order valence-electron chi connectivity index (χ2n) is 23.0. The van der Waals surface area contributed by atoms with E-state index in [4.69, 9.17) is 9.47 Å². The van der Waals surface area contributed by atoms with Gasteiger partial charge in [0.05, 0.1) is 0 Å². The van der Waals surface area contributed by atoms with Crippen molar-refractivity contribution >= 4 is 131 Å². The Labute approximate surface area is 516 Å². The molecule has 4 aliphatic rings. The van der Waals surface area contributed by atoms with Crippen LogP contribution >= 0.6 is 11.8 Å². The molecule has 14 aromatic carbocycles. The third-order valence-corrected chi connectivity index (χ3v) is 19.2. The standard InChI is InChI=1S/C80H51B2N3O2S/c1-6-24-52(25-7-1)77-61-34-16-18-36-63(61)78(64-37-19-17-35-62(64)77)53-42-44-56(45-43-53)84-70-41-23-21-39-66(70)82-68-50-67-71(51-75(68)88-76-49-60(48-74(84)80(76)82)87-58-32-14-5-15-33-58)85(55-28-10-3-11-29-55)73-47-59(86-57-30-12-4-13-31-57)46-72-79(73)81(67)65-38-20-22-40-69(65)83(72)54-26-8-2-9-27-54/h1-51H. The third-order valence-electron chi connectivity index (χ3n) is 18.1. The number of para-hydroxylation sites is 6. The molecule has 0 saturated carbocycles. The molecule has 18 rings (SSSR count). The Balaban J connectivity index is 0.839. The van der Waals surface area contributed by atoms with Crippen LogP contribution in [-0.4, -0.2) is 13.4 Å². The molecule has 0 radical (unpaired) electrons. The molecule has 0 saturated heterocycles. The normalized spacial score (nSPS) is 13.1. The van der Waals surface area contributed by atoms with Crippen molar-refractivity contribution < 1.29 is 9.47 Å². The molecular weight excluding hydrogens is 1090 g/mol. The van der Waals surface area contributed by atoms with Crippen LogP contribution in [0.4, 0.5) is 51.2 Å². The number of hydrogen-bond donors (Lipinski definition) is 0. The van der Waals surface area contributed by atoms with Crippen molar-refractivity contribution in [2.45, 2.75) is 9.79 Å². The minimum Gasteiger partial charge on any atom is -0.457 e. The van der Waals surface area contributed by atoms with Gasteiger partial charge in [0.2, 0.25) is 6.71 Å². The lowest BCUT2D eigenvalue weighted by Crippen LogP contribution is -2.64. The second kappa shape index (κ2) is 20.4. The molecule has 0 N–H and O–H groups in total. The summed E-state index contributed by atoms with van der Waals surface area (Å²) in [7, 11) is 0. The Morgan fingerprint density at radius 3 is 1.15 bits per heavy atom. The summed E-state index contributed by atoms with van der Waals surface area (Å²) in [6.45, 7) is -0.213. The molecular formula is C80H51B2N3O2S. The zero-order valence-corrected chi connectivity index (χ0v) is 48.5. The molecule has 0 spiro atoms. The summed E-state index contributed by atoms with van der Waals surface area (Å²) in [6, 6.07) is 112. The predicted molar refractivity (Wildman–Crippen MR) is 369 cm³/mol. The van der Waals surface area contributed by atoms with E-state index in [1.807, 2.05) is 72.4 Å². The average molecular weight is 1140 g/mol. The first-order chi connectivity index (χ1) is 43.7. The first kappa shape index (κ1) is 50.4. The van der Waals surface area contributed by atoms with Crippen LogP contribution in [0.5, 0.6) is 23.0 Å². The molecule has 0 atom stereocenters. The zero-order chi connectivity index (χ0) is 57.8. The largest absolute Gasteiger partial charge is 0.457 e. The van der Waals surface area contributed by atoms with E-state index in [9.17, 15) is 0 Å². The van der Waals surface area contributed by atoms with E-state index in [0.717, 1.165) is 74.2 Å². The Morgan fingerprint density at radius 1 is 0.250 bits per heavy atom. The van der Waals surface area contributed by atoms with Gasteiger partial charge in [0, 0.05) is 79.2 Å². The lowest BCUT2D eigenvalue weighted by atomic mass is 9.31. The first-order valence-corrected chi connectivity index (χ1v) is 30.9. The van der Waals surface area contributed by atoms with Crippen molar-refractivity contribution in [2.75, 3.05) is 14.7 Å². The fraction of sp³-hybridized carbons (Fsp3) is 0. The van der Waals surface area contributed by atoms with Crippen LogP contribution in [0.3, 0.4) is 0 Å². The van der Waals surface area contributed by atoms with E-state index in [1.54, 1.807) is 0 Å². The smallest absolute Gasteiger partial charge is 0.252 e. The molecule has 4 aliphatic heterocycles. The van der Waals surface area contributed by atoms with Gasteiger partial charge in [-0.05, 0) is 156 Å². The van der Waals surface area contributed by atoms with Crippen LogP contribution in [0.15, 0.2) is 319 Å². The summed E-state index contributed by atoms with van der Waals surface area (Å²) >= 11 is 1.85. The molecule has 0 aromatic heterocycles. The molecule has 88 heavy (non-hydrogen) atoms. The van der Waals surface area contributed by atoms with Crippen LogP contribution in [0.2, 0.25) is 0 Å². The van der Waals surface area contributed by atoms with Crippen molar-refractivity contribution in [1.82, 2.24) is 0 Å². The number of nitrogens with zero attached hydrogens (tertiary/aromatic N) is 3. The topological polar surface area (TPSA) is 28.2 Å². The lowest BCUT2D eigenvalue weighted by molar-refractivity contribution is 0.481. The highest BCUT2D eigenvalue weighted by Gasteiger charge is 2.47. The number of rotatable bonds is 9. The maximum atomic E-state index is 6.92. The van der Waals surface area contributed by atoms with Crippen LogP contribution < -0.4 is 57.0 Å². The summed E-state index contributed by atoms with van der Waals surface area (Å²) < 4.78 is 13.8. The highest BCUT2D eigenvalue weighted by atomic mass is 32.2. The second-order valence-corrected chi connectivity index (χ2v) is 24.1. The lowest BCUT2D eigenvalue weighted by Gasteiger charge is -2.45. The minimum atomic E-state index is -0.114. The Bertz CT molecular complexity index is 5040. The summed E-state index contributed by atoms with van der Waals surface area (Å²) in [5.41, 5.74) is 22.4. The van der Waals surface area contributed by atoms with Gasteiger partial charge in [0.1, 0.15) is 23.0 Å². The Morgan fingerprint density at radius 2 is 0.636 bits per heavy atom. The zero-order valence-electron chi connectivity index (χ0n) is 47.7. The summed E-state index contributed by atoms with van der Waals surface area (Å²) in [5.74, 6) is 3.12. The van der Waals surface area contributed by atoms with Crippen molar-refractivity contribution in [2.24, 2.45) is 0 Å². The van der Waals surface area contributed by atoms with Crippen LogP contribution in [0.25, 0.3) is 43.8 Å². The van der Waals surface area contributed by atoms with Gasteiger partial charge in [-0.15, -0.1) is 0 Å². The number of benzene rings is 14. The quantitative estimate of drug-likeness (QED) is 0.106.